The Balaban J connectivity index is 1.70. The summed E-state index contributed by atoms with van der Waals surface area (Å²) in [5, 5.41) is 5.41. The molecule has 2 heterocycles. The number of hydrogen-bond donors (Lipinski definition) is 2. The van der Waals surface area contributed by atoms with Crippen LogP contribution in [0.3, 0.4) is 0 Å². The van der Waals surface area contributed by atoms with Gasteiger partial charge in [-0.3, -0.25) is 9.78 Å². The van der Waals surface area contributed by atoms with E-state index in [1.54, 1.807) is 0 Å². The molecule has 138 valence electrons. The number of rotatable bonds is 5. The lowest BCUT2D eigenvalue weighted by Crippen LogP contribution is -2.40. The van der Waals surface area contributed by atoms with Crippen molar-refractivity contribution < 1.29 is 22.4 Å². The highest BCUT2D eigenvalue weighted by molar-refractivity contribution is 5.82. The van der Waals surface area contributed by atoms with E-state index in [-0.39, 0.29) is 36.5 Å². The van der Waals surface area contributed by atoms with Gasteiger partial charge in [0.2, 0.25) is 5.91 Å². The molecule has 1 aliphatic rings. The van der Waals surface area contributed by atoms with Gasteiger partial charge in [0.25, 0.3) is 6.43 Å². The first kappa shape index (κ1) is 18.3. The summed E-state index contributed by atoms with van der Waals surface area (Å²) in [5.74, 6) is -0.943. The monoisotopic (exact) mass is 367 g/mol. The molecule has 1 aliphatic heterocycles. The van der Waals surface area contributed by atoms with Crippen LogP contribution in [-0.4, -0.2) is 29.6 Å². The molecular formula is C18H17F4N3O. The zero-order valence-corrected chi connectivity index (χ0v) is 13.7. The fraction of sp³-hybridized carbons (Fsp3) is 0.333. The maximum absolute atomic E-state index is 14.1. The number of carbonyl (C=O) groups is 1. The first-order valence-corrected chi connectivity index (χ1v) is 8.12. The normalized spacial score (nSPS) is 19.7. The highest BCUT2D eigenvalue weighted by Crippen LogP contribution is 2.26. The average Bonchev–Trinajstić information content (AvgIpc) is 3.07. The molecule has 3 rings (SSSR count). The molecule has 0 bridgehead atoms. The zero-order chi connectivity index (χ0) is 18.7. The highest BCUT2D eigenvalue weighted by Gasteiger charge is 2.28. The van der Waals surface area contributed by atoms with Gasteiger partial charge in [0, 0.05) is 24.1 Å². The van der Waals surface area contributed by atoms with Crippen molar-refractivity contribution in [1.29, 1.82) is 0 Å². The lowest BCUT2D eigenvalue weighted by Gasteiger charge is -2.12. The Morgan fingerprint density at radius 2 is 2.04 bits per heavy atom. The summed E-state index contributed by atoms with van der Waals surface area (Å²) in [4.78, 5) is 15.9. The van der Waals surface area contributed by atoms with Crippen LogP contribution in [0.15, 0.2) is 36.5 Å². The van der Waals surface area contributed by atoms with Gasteiger partial charge < -0.3 is 10.6 Å². The predicted molar refractivity (Wildman–Crippen MR) is 87.7 cm³/mol. The van der Waals surface area contributed by atoms with E-state index in [2.05, 4.69) is 15.6 Å². The quantitative estimate of drug-likeness (QED) is 0.799. The van der Waals surface area contributed by atoms with E-state index in [1.807, 2.05) is 0 Å². The summed E-state index contributed by atoms with van der Waals surface area (Å²) < 4.78 is 52.4. The third-order valence-electron chi connectivity index (χ3n) is 4.22. The molecule has 1 amide bonds. The molecule has 1 saturated heterocycles. The Kier molecular flexibility index (Phi) is 5.51. The number of amides is 1. The Morgan fingerprint density at radius 1 is 1.31 bits per heavy atom. The third kappa shape index (κ3) is 4.19. The minimum Gasteiger partial charge on any atom is -0.349 e. The van der Waals surface area contributed by atoms with E-state index < -0.39 is 24.5 Å². The predicted octanol–water partition coefficient (Wildman–Crippen LogP) is 3.14. The van der Waals surface area contributed by atoms with Crippen LogP contribution in [0.4, 0.5) is 17.6 Å². The second-order valence-corrected chi connectivity index (χ2v) is 6.09. The van der Waals surface area contributed by atoms with Gasteiger partial charge in [0.15, 0.2) is 0 Å². The standard InChI is InChI=1S/C18H17F4N3O/c19-12-5-16(24-7-12)18(26)25-8-13-6-14(15(20)9-23-13)10-1-3-11(4-2-10)17(21)22/h1-4,6,9,12,16-17,24H,5,7-8H2,(H,25,26). The third-order valence-corrected chi connectivity index (χ3v) is 4.22. The molecule has 0 aliphatic carbocycles. The largest absolute Gasteiger partial charge is 0.349 e. The molecule has 1 aromatic heterocycles. The lowest BCUT2D eigenvalue weighted by atomic mass is 10.0. The van der Waals surface area contributed by atoms with E-state index >= 15 is 0 Å². The van der Waals surface area contributed by atoms with Crippen LogP contribution in [0.2, 0.25) is 0 Å². The second kappa shape index (κ2) is 7.82. The smallest absolute Gasteiger partial charge is 0.263 e. The summed E-state index contributed by atoms with van der Waals surface area (Å²) in [6.45, 7) is 0.196. The zero-order valence-electron chi connectivity index (χ0n) is 13.7. The maximum Gasteiger partial charge on any atom is 0.263 e. The lowest BCUT2D eigenvalue weighted by molar-refractivity contribution is -0.123. The van der Waals surface area contributed by atoms with Gasteiger partial charge in [-0.1, -0.05) is 24.3 Å². The number of pyridine rings is 1. The van der Waals surface area contributed by atoms with Crippen LogP contribution in [0.1, 0.15) is 24.1 Å². The number of halogens is 4. The summed E-state index contributed by atoms with van der Waals surface area (Å²) in [5.41, 5.74) is 0.890. The van der Waals surface area contributed by atoms with E-state index in [0.717, 1.165) is 6.20 Å². The average molecular weight is 367 g/mol. The Hall–Kier alpha value is -2.48. The van der Waals surface area contributed by atoms with Crippen molar-refractivity contribution in [3.63, 3.8) is 0 Å². The SMILES string of the molecule is O=C(NCc1cc(-c2ccc(C(F)F)cc2)c(F)cn1)C1CC(F)CN1. The fourth-order valence-corrected chi connectivity index (χ4v) is 2.80. The van der Waals surface area contributed by atoms with E-state index in [4.69, 9.17) is 0 Å². The topological polar surface area (TPSA) is 54.0 Å². The highest BCUT2D eigenvalue weighted by atomic mass is 19.3. The van der Waals surface area contributed by atoms with Crippen molar-refractivity contribution in [3.8, 4) is 11.1 Å². The molecule has 1 aromatic carbocycles. The molecule has 0 spiro atoms. The van der Waals surface area contributed by atoms with Crippen LogP contribution in [0.25, 0.3) is 11.1 Å². The molecule has 2 aromatic rings. The first-order valence-electron chi connectivity index (χ1n) is 8.12. The molecule has 8 heteroatoms. The van der Waals surface area contributed by atoms with E-state index in [1.165, 1.54) is 30.3 Å². The number of nitrogens with zero attached hydrogens (tertiary/aromatic N) is 1. The van der Waals surface area contributed by atoms with Gasteiger partial charge in [-0.25, -0.2) is 17.6 Å². The number of aromatic nitrogens is 1. The molecule has 4 nitrogen and oxygen atoms in total. The molecule has 1 fully saturated rings. The van der Waals surface area contributed by atoms with Crippen molar-refractivity contribution in [2.24, 2.45) is 0 Å². The van der Waals surface area contributed by atoms with Crippen molar-refractivity contribution in [2.45, 2.75) is 31.6 Å². The van der Waals surface area contributed by atoms with Crippen LogP contribution >= 0.6 is 0 Å². The number of hydrogen-bond acceptors (Lipinski definition) is 3. The number of alkyl halides is 3. The Bertz CT molecular complexity index is 783. The molecule has 0 saturated carbocycles. The van der Waals surface area contributed by atoms with Gasteiger partial charge in [-0.05, 0) is 11.6 Å². The molecular weight excluding hydrogens is 350 g/mol. The second-order valence-electron chi connectivity index (χ2n) is 6.09. The van der Waals surface area contributed by atoms with Gasteiger partial charge in [0.1, 0.15) is 12.0 Å². The van der Waals surface area contributed by atoms with E-state index in [0.29, 0.717) is 11.3 Å². The molecule has 0 radical (unpaired) electrons. The van der Waals surface area contributed by atoms with Crippen molar-refractivity contribution in [3.05, 3.63) is 53.6 Å². The van der Waals surface area contributed by atoms with Gasteiger partial charge in [-0.2, -0.15) is 0 Å². The fourth-order valence-electron chi connectivity index (χ4n) is 2.80. The summed E-state index contributed by atoms with van der Waals surface area (Å²) in [6.07, 6.45) is -2.50. The Labute approximate surface area is 147 Å². The Morgan fingerprint density at radius 3 is 2.65 bits per heavy atom. The molecule has 2 unspecified atom stereocenters. The summed E-state index contributed by atoms with van der Waals surface area (Å²) >= 11 is 0. The van der Waals surface area contributed by atoms with E-state index in [9.17, 15) is 22.4 Å². The first-order chi connectivity index (χ1) is 12.4. The molecule has 26 heavy (non-hydrogen) atoms. The molecule has 2 atom stereocenters. The van der Waals surface area contributed by atoms with Crippen LogP contribution in [0, 0.1) is 5.82 Å². The van der Waals surface area contributed by atoms with Crippen molar-refractivity contribution in [2.75, 3.05) is 6.54 Å². The summed E-state index contributed by atoms with van der Waals surface area (Å²) in [7, 11) is 0. The molecule has 2 N–H and O–H groups in total. The minimum absolute atomic E-state index is 0.0519. The number of benzene rings is 1. The van der Waals surface area contributed by atoms with Crippen LogP contribution < -0.4 is 10.6 Å². The van der Waals surface area contributed by atoms with Crippen molar-refractivity contribution in [1.82, 2.24) is 15.6 Å². The number of nitrogens with one attached hydrogen (secondary N) is 2. The van der Waals surface area contributed by atoms with Crippen molar-refractivity contribution >= 4 is 5.91 Å². The van der Waals surface area contributed by atoms with Gasteiger partial charge in [-0.15, -0.1) is 0 Å². The van der Waals surface area contributed by atoms with Crippen LogP contribution in [0.5, 0.6) is 0 Å². The van der Waals surface area contributed by atoms with Crippen LogP contribution in [-0.2, 0) is 11.3 Å². The maximum atomic E-state index is 14.1. The summed E-state index contributed by atoms with van der Waals surface area (Å²) in [6, 6.07) is 6.15. The minimum atomic E-state index is -2.59. The number of carbonyl (C=O) groups excluding carboxylic acids is 1. The van der Waals surface area contributed by atoms with Gasteiger partial charge >= 0.3 is 0 Å². The van der Waals surface area contributed by atoms with Gasteiger partial charge in [0.05, 0.1) is 24.5 Å².